The van der Waals surface area contributed by atoms with Gasteiger partial charge in [-0.25, -0.2) is 0 Å². The van der Waals surface area contributed by atoms with Crippen LogP contribution in [0, 0.1) is 10.7 Å². The molecule has 96 valence electrons. The Balaban J connectivity index is 0. The third-order valence-corrected chi connectivity index (χ3v) is 1.75. The molecule has 0 atom stereocenters. The van der Waals surface area contributed by atoms with Crippen molar-refractivity contribution in [1.82, 2.24) is 0 Å². The average molecular weight is 275 g/mol. The number of aliphatic hydroxyl groups excluding tert-OH is 1. The predicted octanol–water partition coefficient (Wildman–Crippen LogP) is -0.474. The molecule has 8 heteroatoms. The second-order valence-corrected chi connectivity index (χ2v) is 3.14. The first-order valence-electron chi connectivity index (χ1n) is 4.93. The molecule has 0 aliphatic carbocycles. The molecule has 0 radical (unpaired) electrons. The molecule has 0 spiro atoms. The van der Waals surface area contributed by atoms with E-state index in [1.807, 2.05) is 0 Å². The van der Waals surface area contributed by atoms with Crippen molar-refractivity contribution in [3.05, 3.63) is 0 Å². The summed E-state index contributed by atoms with van der Waals surface area (Å²) < 4.78 is 20.1. The van der Waals surface area contributed by atoms with E-state index in [0.717, 1.165) is 12.0 Å². The second-order valence-electron chi connectivity index (χ2n) is 2.56. The topological polar surface area (TPSA) is 80.9 Å². The zero-order chi connectivity index (χ0) is 11.9. The molecule has 0 aliphatic rings. The van der Waals surface area contributed by atoms with E-state index in [9.17, 15) is 0 Å². The molecule has 17 heavy (non-hydrogen) atoms. The maximum absolute atomic E-state index is 8.41. The van der Waals surface area contributed by atoms with Gasteiger partial charge >= 0.3 is 29.6 Å². The molecule has 0 rings (SSSR count). The minimum absolute atomic E-state index is 0. The number of hydrogen-bond donors (Lipinski definition) is 1. The summed E-state index contributed by atoms with van der Waals surface area (Å²) in [6.45, 7) is 3.15. The van der Waals surface area contributed by atoms with Gasteiger partial charge in [0.25, 0.3) is 0 Å². The van der Waals surface area contributed by atoms with Gasteiger partial charge in [-0.15, -0.1) is 0 Å². The maximum atomic E-state index is 8.41. The van der Waals surface area contributed by atoms with Crippen molar-refractivity contribution in [3.63, 3.8) is 0 Å². The van der Waals surface area contributed by atoms with E-state index >= 15 is 0 Å². The van der Waals surface area contributed by atoms with Crippen LogP contribution in [-0.4, -0.2) is 87.5 Å². The fraction of sp³-hybridized carbons (Fsp3) is 0.889. The zero-order valence-corrected chi connectivity index (χ0v) is 9.91. The summed E-state index contributed by atoms with van der Waals surface area (Å²) in [5.74, 6) is 0. The van der Waals surface area contributed by atoms with Crippen LogP contribution in [0.1, 0.15) is 0 Å². The quantitative estimate of drug-likeness (QED) is 0.223. The van der Waals surface area contributed by atoms with E-state index in [0.29, 0.717) is 46.2 Å². The predicted molar refractivity (Wildman–Crippen MR) is 65.8 cm³/mol. The minimum atomic E-state index is 0. The number of nitrogens with zero attached hydrogens (tertiary/aromatic N) is 1. The van der Waals surface area contributed by atoms with Crippen molar-refractivity contribution in [2.24, 2.45) is 0 Å². The van der Waals surface area contributed by atoms with Gasteiger partial charge in [-0.2, -0.15) is 5.26 Å². The fourth-order valence-electron chi connectivity index (χ4n) is 0.767. The monoisotopic (exact) mass is 275 g/mol. The molecule has 0 saturated carbocycles. The summed E-state index contributed by atoms with van der Waals surface area (Å²) in [5, 5.41) is 18.3. The normalized spacial score (nSPS) is 9.65. The summed E-state index contributed by atoms with van der Waals surface area (Å²) in [7, 11) is 0. The Morgan fingerprint density at radius 2 is 1.35 bits per heavy atom. The van der Waals surface area contributed by atoms with Crippen LogP contribution in [0.25, 0.3) is 0 Å². The molecular formula is C9H18NNaO5S. The van der Waals surface area contributed by atoms with Gasteiger partial charge in [0.15, 0.2) is 5.40 Å². The van der Waals surface area contributed by atoms with E-state index in [-0.39, 0.29) is 36.2 Å². The van der Waals surface area contributed by atoms with Crippen LogP contribution in [0.2, 0.25) is 0 Å². The summed E-state index contributed by atoms with van der Waals surface area (Å²) in [6, 6.07) is 0. The van der Waals surface area contributed by atoms with Crippen LogP contribution in [0.3, 0.4) is 0 Å². The number of hydrogen-bond acceptors (Lipinski definition) is 7. The number of rotatable bonds is 12. The standard InChI is InChI=1S/C9H17NO5S.Na.H/c10-9-16-15-8-7-14-6-5-13-4-3-12-2-1-11;;/h11H,1-8H2;;. The third-order valence-electron chi connectivity index (χ3n) is 1.39. The average Bonchev–Trinajstić information content (AvgIpc) is 2.31. The first-order chi connectivity index (χ1) is 7.91. The van der Waals surface area contributed by atoms with Gasteiger partial charge in [0.2, 0.25) is 0 Å². The van der Waals surface area contributed by atoms with E-state index in [1.165, 1.54) is 0 Å². The van der Waals surface area contributed by atoms with Gasteiger partial charge in [-0.05, 0) is 0 Å². The van der Waals surface area contributed by atoms with Crippen molar-refractivity contribution >= 4 is 41.6 Å². The van der Waals surface area contributed by atoms with Crippen LogP contribution in [-0.2, 0) is 18.4 Å². The summed E-state index contributed by atoms with van der Waals surface area (Å²) in [4.78, 5) is 0. The van der Waals surface area contributed by atoms with E-state index in [1.54, 1.807) is 5.40 Å². The molecule has 0 heterocycles. The van der Waals surface area contributed by atoms with E-state index in [2.05, 4.69) is 0 Å². The third kappa shape index (κ3) is 19.2. The van der Waals surface area contributed by atoms with Gasteiger partial charge in [0.05, 0.1) is 52.9 Å². The Hall–Kier alpha value is 0.640. The summed E-state index contributed by atoms with van der Waals surface area (Å²) in [6.07, 6.45) is 0. The van der Waals surface area contributed by atoms with Crippen molar-refractivity contribution in [3.8, 4) is 5.40 Å². The molecular weight excluding hydrogens is 257 g/mol. The molecule has 0 bridgehead atoms. The van der Waals surface area contributed by atoms with Crippen molar-refractivity contribution < 1.29 is 23.5 Å². The summed E-state index contributed by atoms with van der Waals surface area (Å²) >= 11 is 0.745. The molecule has 6 nitrogen and oxygen atoms in total. The Kier molecular flexibility index (Phi) is 22.3. The molecule has 0 saturated heterocycles. The molecule has 0 unspecified atom stereocenters. The molecule has 0 aromatic rings. The number of nitriles is 1. The molecule has 0 fully saturated rings. The van der Waals surface area contributed by atoms with Gasteiger partial charge < -0.3 is 19.3 Å². The Morgan fingerprint density at radius 1 is 0.882 bits per heavy atom. The van der Waals surface area contributed by atoms with E-state index in [4.69, 9.17) is 28.8 Å². The molecule has 1 N–H and O–H groups in total. The number of ether oxygens (including phenoxy) is 3. The van der Waals surface area contributed by atoms with Crippen molar-refractivity contribution in [1.29, 1.82) is 5.26 Å². The van der Waals surface area contributed by atoms with Crippen LogP contribution < -0.4 is 0 Å². The van der Waals surface area contributed by atoms with E-state index < -0.39 is 0 Å². The molecule has 0 aromatic heterocycles. The molecule has 0 aromatic carbocycles. The summed E-state index contributed by atoms with van der Waals surface area (Å²) in [5.41, 5.74) is 0. The van der Waals surface area contributed by atoms with Gasteiger partial charge in [0, 0.05) is 0 Å². The number of aliphatic hydroxyl groups is 1. The second kappa shape index (κ2) is 19.0. The van der Waals surface area contributed by atoms with Gasteiger partial charge in [0.1, 0.15) is 12.0 Å². The van der Waals surface area contributed by atoms with Crippen molar-refractivity contribution in [2.45, 2.75) is 0 Å². The Morgan fingerprint density at radius 3 is 1.82 bits per heavy atom. The number of thiocyanates is 1. The van der Waals surface area contributed by atoms with Crippen molar-refractivity contribution in [2.75, 3.05) is 52.9 Å². The molecule has 0 amide bonds. The SMILES string of the molecule is N#CSOCCOCCOCCOCCO.[NaH]. The van der Waals surface area contributed by atoms with Crippen LogP contribution >= 0.6 is 12.0 Å². The fourth-order valence-corrected chi connectivity index (χ4v) is 0.971. The van der Waals surface area contributed by atoms with Crippen LogP contribution in [0.5, 0.6) is 0 Å². The Labute approximate surface area is 128 Å². The zero-order valence-electron chi connectivity index (χ0n) is 9.09. The first kappa shape index (κ1) is 20.0. The Bertz CT molecular complexity index is 181. The van der Waals surface area contributed by atoms with Gasteiger partial charge in [-0.1, -0.05) is 0 Å². The van der Waals surface area contributed by atoms with Crippen LogP contribution in [0.4, 0.5) is 0 Å². The van der Waals surface area contributed by atoms with Crippen LogP contribution in [0.15, 0.2) is 0 Å². The first-order valence-corrected chi connectivity index (χ1v) is 5.67. The molecule has 0 aliphatic heterocycles. The van der Waals surface area contributed by atoms with Gasteiger partial charge in [-0.3, -0.25) is 4.18 Å².